The number of anilines is 2. The number of nitrogens with one attached hydrogen (secondary N) is 1. The molecule has 0 aliphatic carbocycles. The van der Waals surface area contributed by atoms with Crippen molar-refractivity contribution in [2.24, 2.45) is 0 Å². The van der Waals surface area contributed by atoms with Crippen LogP contribution in [0.15, 0.2) is 0 Å². The minimum absolute atomic E-state index is 0.225. The van der Waals surface area contributed by atoms with E-state index < -0.39 is 0 Å². The van der Waals surface area contributed by atoms with Crippen LogP contribution in [0.1, 0.15) is 32.6 Å². The fraction of sp³-hybridized carbons (Fsp3) is 0.769. The van der Waals surface area contributed by atoms with E-state index in [9.17, 15) is 0 Å². The molecule has 20 heavy (non-hydrogen) atoms. The normalized spacial score (nSPS) is 17.1. The number of ether oxygens (including phenoxy) is 1. The lowest BCUT2D eigenvalue weighted by molar-refractivity contribution is 0.191. The number of nitrogens with zero attached hydrogens (tertiary/aromatic N) is 4. The van der Waals surface area contributed by atoms with Crippen LogP contribution in [0.25, 0.3) is 0 Å². The molecule has 1 aromatic rings. The van der Waals surface area contributed by atoms with Crippen molar-refractivity contribution in [3.63, 3.8) is 0 Å². The summed E-state index contributed by atoms with van der Waals surface area (Å²) in [7, 11) is 1.70. The quantitative estimate of drug-likeness (QED) is 0.870. The molecule has 0 spiro atoms. The molecule has 1 atom stereocenters. The van der Waals surface area contributed by atoms with Crippen molar-refractivity contribution < 1.29 is 4.74 Å². The number of aromatic nitrogens is 3. The molecule has 0 bridgehead atoms. The first kappa shape index (κ1) is 15.3. The van der Waals surface area contributed by atoms with Gasteiger partial charge < -0.3 is 15.0 Å². The average molecular weight is 300 g/mol. The van der Waals surface area contributed by atoms with Gasteiger partial charge in [0.25, 0.3) is 0 Å². The molecule has 1 fully saturated rings. The molecular formula is C13H22ClN5O. The Morgan fingerprint density at radius 1 is 1.25 bits per heavy atom. The van der Waals surface area contributed by atoms with Crippen LogP contribution in [0.3, 0.4) is 0 Å². The molecule has 112 valence electrons. The summed E-state index contributed by atoms with van der Waals surface area (Å²) < 4.78 is 5.07. The summed E-state index contributed by atoms with van der Waals surface area (Å²) in [6.07, 6.45) is 4.51. The van der Waals surface area contributed by atoms with E-state index in [-0.39, 0.29) is 11.3 Å². The van der Waals surface area contributed by atoms with Gasteiger partial charge in [-0.15, -0.1) is 0 Å². The number of hydrogen-bond donors (Lipinski definition) is 1. The van der Waals surface area contributed by atoms with Gasteiger partial charge in [0.2, 0.25) is 17.2 Å². The Hall–Kier alpha value is -1.14. The summed E-state index contributed by atoms with van der Waals surface area (Å²) >= 11 is 6.00. The van der Waals surface area contributed by atoms with E-state index in [0.717, 1.165) is 19.5 Å². The van der Waals surface area contributed by atoms with Crippen LogP contribution in [0.2, 0.25) is 5.28 Å². The fourth-order valence-electron chi connectivity index (χ4n) is 2.23. The molecule has 0 radical (unpaired) electrons. The number of hydrogen-bond acceptors (Lipinski definition) is 6. The third kappa shape index (κ3) is 4.45. The third-order valence-electron chi connectivity index (χ3n) is 3.37. The van der Waals surface area contributed by atoms with E-state index in [0.29, 0.717) is 18.5 Å². The standard InChI is InChI=1S/C13H22ClN5O/c1-10(6-9-20-2)15-12-16-11(14)17-13(18-12)19-7-4-3-5-8-19/h10H,3-9H2,1-2H3,(H,15,16,17,18). The topological polar surface area (TPSA) is 63.2 Å². The molecule has 1 unspecified atom stereocenters. The maximum atomic E-state index is 6.00. The van der Waals surface area contributed by atoms with Gasteiger partial charge in [-0.25, -0.2) is 0 Å². The van der Waals surface area contributed by atoms with Crippen molar-refractivity contribution in [1.29, 1.82) is 0 Å². The van der Waals surface area contributed by atoms with Crippen LogP contribution in [0.5, 0.6) is 0 Å². The van der Waals surface area contributed by atoms with Gasteiger partial charge in [-0.1, -0.05) is 0 Å². The molecule has 0 saturated carbocycles. The number of piperidine rings is 1. The fourth-order valence-corrected chi connectivity index (χ4v) is 2.38. The summed E-state index contributed by atoms with van der Waals surface area (Å²) in [6.45, 7) is 4.74. The molecule has 0 aromatic carbocycles. The highest BCUT2D eigenvalue weighted by atomic mass is 35.5. The zero-order valence-electron chi connectivity index (χ0n) is 12.1. The Morgan fingerprint density at radius 2 is 2.00 bits per heavy atom. The molecule has 1 saturated heterocycles. The van der Waals surface area contributed by atoms with Gasteiger partial charge in [0.05, 0.1) is 0 Å². The SMILES string of the molecule is COCCC(C)Nc1nc(Cl)nc(N2CCCCC2)n1. The van der Waals surface area contributed by atoms with Gasteiger partial charge in [0.1, 0.15) is 0 Å². The molecule has 1 aliphatic heterocycles. The molecule has 1 aliphatic rings. The first-order chi connectivity index (χ1) is 9.69. The van der Waals surface area contributed by atoms with Crippen LogP contribution in [0.4, 0.5) is 11.9 Å². The maximum Gasteiger partial charge on any atom is 0.231 e. The van der Waals surface area contributed by atoms with Gasteiger partial charge in [-0.3, -0.25) is 0 Å². The lowest BCUT2D eigenvalue weighted by atomic mass is 10.1. The molecule has 2 heterocycles. The summed E-state index contributed by atoms with van der Waals surface area (Å²) in [4.78, 5) is 15.0. The van der Waals surface area contributed by atoms with Crippen LogP contribution in [-0.2, 0) is 4.74 Å². The van der Waals surface area contributed by atoms with Crippen LogP contribution in [-0.4, -0.2) is 47.8 Å². The van der Waals surface area contributed by atoms with Crippen LogP contribution >= 0.6 is 11.6 Å². The molecule has 2 rings (SSSR count). The van der Waals surface area contributed by atoms with Gasteiger partial charge in [0, 0.05) is 32.8 Å². The van der Waals surface area contributed by atoms with E-state index in [1.54, 1.807) is 7.11 Å². The zero-order valence-corrected chi connectivity index (χ0v) is 12.9. The van der Waals surface area contributed by atoms with Crippen molar-refractivity contribution in [1.82, 2.24) is 15.0 Å². The molecule has 1 N–H and O–H groups in total. The second-order valence-corrected chi connectivity index (χ2v) is 5.44. The second-order valence-electron chi connectivity index (χ2n) is 5.10. The largest absolute Gasteiger partial charge is 0.385 e. The van der Waals surface area contributed by atoms with Crippen molar-refractivity contribution >= 4 is 23.5 Å². The molecular weight excluding hydrogens is 278 g/mol. The molecule has 0 amide bonds. The highest BCUT2D eigenvalue weighted by Crippen LogP contribution is 2.18. The van der Waals surface area contributed by atoms with Crippen molar-refractivity contribution in [3.05, 3.63) is 5.28 Å². The first-order valence-corrected chi connectivity index (χ1v) is 7.49. The van der Waals surface area contributed by atoms with Gasteiger partial charge >= 0.3 is 0 Å². The number of halogens is 1. The first-order valence-electron chi connectivity index (χ1n) is 7.11. The van der Waals surface area contributed by atoms with E-state index in [4.69, 9.17) is 16.3 Å². The Morgan fingerprint density at radius 3 is 2.70 bits per heavy atom. The minimum Gasteiger partial charge on any atom is -0.385 e. The lowest BCUT2D eigenvalue weighted by Gasteiger charge is -2.26. The summed E-state index contributed by atoms with van der Waals surface area (Å²) in [5.41, 5.74) is 0. The summed E-state index contributed by atoms with van der Waals surface area (Å²) in [5, 5.41) is 3.48. The third-order valence-corrected chi connectivity index (χ3v) is 3.53. The second kappa shape index (κ2) is 7.59. The van der Waals surface area contributed by atoms with E-state index in [1.165, 1.54) is 19.3 Å². The van der Waals surface area contributed by atoms with Crippen molar-refractivity contribution in [2.75, 3.05) is 37.0 Å². The predicted octanol–water partition coefficient (Wildman–Crippen LogP) is 2.35. The Bertz CT molecular complexity index is 425. The van der Waals surface area contributed by atoms with Gasteiger partial charge in [-0.2, -0.15) is 15.0 Å². The van der Waals surface area contributed by atoms with E-state index >= 15 is 0 Å². The Labute approximate surface area is 124 Å². The van der Waals surface area contributed by atoms with Crippen LogP contribution in [0, 0.1) is 0 Å². The summed E-state index contributed by atoms with van der Waals surface area (Å²) in [5.74, 6) is 1.21. The summed E-state index contributed by atoms with van der Waals surface area (Å²) in [6, 6.07) is 0.225. The lowest BCUT2D eigenvalue weighted by Crippen LogP contribution is -2.31. The monoisotopic (exact) mass is 299 g/mol. The predicted molar refractivity (Wildman–Crippen MR) is 80.5 cm³/mol. The van der Waals surface area contributed by atoms with Gasteiger partial charge in [0.15, 0.2) is 0 Å². The van der Waals surface area contributed by atoms with Crippen molar-refractivity contribution in [2.45, 2.75) is 38.6 Å². The Balaban J connectivity index is 2.03. The number of rotatable bonds is 6. The molecule has 1 aromatic heterocycles. The van der Waals surface area contributed by atoms with E-state index in [1.807, 2.05) is 0 Å². The van der Waals surface area contributed by atoms with Crippen LogP contribution < -0.4 is 10.2 Å². The average Bonchev–Trinajstić information content (AvgIpc) is 2.45. The zero-order chi connectivity index (χ0) is 14.4. The molecule has 7 heteroatoms. The van der Waals surface area contributed by atoms with Gasteiger partial charge in [-0.05, 0) is 44.2 Å². The smallest absolute Gasteiger partial charge is 0.231 e. The maximum absolute atomic E-state index is 6.00. The molecule has 6 nitrogen and oxygen atoms in total. The number of methoxy groups -OCH3 is 1. The Kier molecular flexibility index (Phi) is 5.79. The highest BCUT2D eigenvalue weighted by Gasteiger charge is 2.16. The van der Waals surface area contributed by atoms with E-state index in [2.05, 4.69) is 32.1 Å². The minimum atomic E-state index is 0.225. The highest BCUT2D eigenvalue weighted by molar-refractivity contribution is 6.28. The van der Waals surface area contributed by atoms with Crippen molar-refractivity contribution in [3.8, 4) is 0 Å².